The first kappa shape index (κ1) is 21.0. The summed E-state index contributed by atoms with van der Waals surface area (Å²) >= 11 is 0. The zero-order valence-electron chi connectivity index (χ0n) is 18.2. The van der Waals surface area contributed by atoms with E-state index >= 15 is 0 Å². The number of fused-ring (bicyclic) bond motifs is 2. The molecule has 1 aliphatic rings. The molecule has 0 aromatic heterocycles. The number of ether oxygens (including phenoxy) is 1. The molecule has 1 heterocycles. The van der Waals surface area contributed by atoms with E-state index in [1.54, 1.807) is 6.92 Å². The van der Waals surface area contributed by atoms with Crippen LogP contribution >= 0.6 is 0 Å². The standard InChI is InChI=1S/C27H24N2O4/c1-27(23-14-6-10-18-8-2-4-12-21(18)23)25(31)29(26(32)28-27)16-20(30)17-33-24-15-7-11-19-9-3-5-13-22(19)24/h2-15,20,30H,16-17H2,1H3,(H,28,32). The van der Waals surface area contributed by atoms with Gasteiger partial charge in [0.2, 0.25) is 0 Å². The van der Waals surface area contributed by atoms with Gasteiger partial charge in [0.15, 0.2) is 0 Å². The van der Waals surface area contributed by atoms with Crippen molar-refractivity contribution in [3.63, 3.8) is 0 Å². The summed E-state index contributed by atoms with van der Waals surface area (Å²) in [6.07, 6.45) is -1.03. The lowest BCUT2D eigenvalue weighted by Crippen LogP contribution is -2.43. The Bertz CT molecular complexity index is 1360. The summed E-state index contributed by atoms with van der Waals surface area (Å²) in [7, 11) is 0. The number of aliphatic hydroxyl groups is 1. The third-order valence-electron chi connectivity index (χ3n) is 6.18. The van der Waals surface area contributed by atoms with E-state index in [-0.39, 0.29) is 13.2 Å². The van der Waals surface area contributed by atoms with Crippen molar-refractivity contribution in [2.45, 2.75) is 18.6 Å². The van der Waals surface area contributed by atoms with Gasteiger partial charge in [-0.05, 0) is 34.7 Å². The number of benzene rings is 4. The molecule has 6 nitrogen and oxygen atoms in total. The Balaban J connectivity index is 1.33. The highest BCUT2D eigenvalue weighted by Crippen LogP contribution is 2.34. The SMILES string of the molecule is CC1(c2cccc3ccccc23)NC(=O)N(CC(O)COc2cccc3ccccc23)C1=O. The highest BCUT2D eigenvalue weighted by molar-refractivity contribution is 6.09. The fraction of sp³-hybridized carbons (Fsp3) is 0.185. The number of amides is 3. The number of nitrogens with one attached hydrogen (secondary N) is 1. The van der Waals surface area contributed by atoms with Crippen molar-refractivity contribution >= 4 is 33.5 Å². The maximum absolute atomic E-state index is 13.4. The third kappa shape index (κ3) is 3.68. The quantitative estimate of drug-likeness (QED) is 0.441. The number of rotatable bonds is 6. The summed E-state index contributed by atoms with van der Waals surface area (Å²) in [4.78, 5) is 27.2. The van der Waals surface area contributed by atoms with E-state index in [9.17, 15) is 14.7 Å². The Morgan fingerprint density at radius 1 is 0.879 bits per heavy atom. The molecule has 0 spiro atoms. The van der Waals surface area contributed by atoms with E-state index in [0.29, 0.717) is 5.75 Å². The number of aliphatic hydroxyl groups excluding tert-OH is 1. The Labute approximate surface area is 191 Å². The van der Waals surface area contributed by atoms with Gasteiger partial charge in [-0.15, -0.1) is 0 Å². The number of β-amino-alcohol motifs (C(OH)–C–C–N with tert-alkyl or cyclic N) is 1. The summed E-state index contributed by atoms with van der Waals surface area (Å²) in [5, 5.41) is 17.3. The minimum atomic E-state index is -1.21. The van der Waals surface area contributed by atoms with E-state index in [1.165, 1.54) is 0 Å². The summed E-state index contributed by atoms with van der Waals surface area (Å²) in [5.41, 5.74) is -0.489. The van der Waals surface area contributed by atoms with E-state index in [2.05, 4.69) is 5.32 Å². The average Bonchev–Trinajstić information content (AvgIpc) is 3.06. The van der Waals surface area contributed by atoms with Crippen molar-refractivity contribution in [1.82, 2.24) is 10.2 Å². The van der Waals surface area contributed by atoms with Crippen LogP contribution in [0.3, 0.4) is 0 Å². The molecule has 5 rings (SSSR count). The molecule has 2 atom stereocenters. The van der Waals surface area contributed by atoms with Crippen LogP contribution in [-0.4, -0.2) is 41.2 Å². The zero-order valence-corrected chi connectivity index (χ0v) is 18.2. The molecule has 1 saturated heterocycles. The first-order valence-corrected chi connectivity index (χ1v) is 10.9. The van der Waals surface area contributed by atoms with Crippen LogP contribution < -0.4 is 10.1 Å². The van der Waals surface area contributed by atoms with E-state index in [1.807, 2.05) is 84.9 Å². The van der Waals surface area contributed by atoms with Crippen molar-refractivity contribution in [2.24, 2.45) is 0 Å². The van der Waals surface area contributed by atoms with Crippen molar-refractivity contribution in [3.05, 3.63) is 90.5 Å². The van der Waals surface area contributed by atoms with E-state index in [0.717, 1.165) is 32.0 Å². The largest absolute Gasteiger partial charge is 0.490 e. The molecule has 4 aromatic carbocycles. The highest BCUT2D eigenvalue weighted by atomic mass is 16.5. The lowest BCUT2D eigenvalue weighted by atomic mass is 9.88. The number of nitrogens with zero attached hydrogens (tertiary/aromatic N) is 1. The smallest absolute Gasteiger partial charge is 0.325 e. The van der Waals surface area contributed by atoms with Crippen LogP contribution in [0.4, 0.5) is 4.79 Å². The first-order chi connectivity index (χ1) is 16.0. The molecular weight excluding hydrogens is 416 g/mol. The Morgan fingerprint density at radius 2 is 1.48 bits per heavy atom. The second kappa shape index (κ2) is 8.22. The van der Waals surface area contributed by atoms with Crippen LogP contribution in [0.15, 0.2) is 84.9 Å². The van der Waals surface area contributed by atoms with Gasteiger partial charge in [-0.1, -0.05) is 78.9 Å². The lowest BCUT2D eigenvalue weighted by molar-refractivity contribution is -0.132. The summed E-state index contributed by atoms with van der Waals surface area (Å²) in [6, 6.07) is 26.4. The fourth-order valence-electron chi connectivity index (χ4n) is 4.48. The Morgan fingerprint density at radius 3 is 2.24 bits per heavy atom. The predicted molar refractivity (Wildman–Crippen MR) is 127 cm³/mol. The molecule has 3 amide bonds. The number of imide groups is 1. The van der Waals surface area contributed by atoms with Crippen LogP contribution in [0.1, 0.15) is 12.5 Å². The maximum Gasteiger partial charge on any atom is 0.325 e. The van der Waals surface area contributed by atoms with Gasteiger partial charge in [0.1, 0.15) is 24.0 Å². The van der Waals surface area contributed by atoms with Crippen LogP contribution in [0.5, 0.6) is 5.75 Å². The van der Waals surface area contributed by atoms with Crippen LogP contribution in [0.25, 0.3) is 21.5 Å². The summed E-state index contributed by atoms with van der Waals surface area (Å²) in [6.45, 7) is 1.50. The first-order valence-electron chi connectivity index (χ1n) is 10.9. The van der Waals surface area contributed by atoms with Gasteiger partial charge in [-0.25, -0.2) is 4.79 Å². The van der Waals surface area contributed by atoms with Gasteiger partial charge in [-0.3, -0.25) is 9.69 Å². The zero-order chi connectivity index (χ0) is 23.0. The highest BCUT2D eigenvalue weighted by Gasteiger charge is 2.50. The lowest BCUT2D eigenvalue weighted by Gasteiger charge is -2.24. The van der Waals surface area contributed by atoms with Gasteiger partial charge in [-0.2, -0.15) is 0 Å². The molecule has 2 unspecified atom stereocenters. The fourth-order valence-corrected chi connectivity index (χ4v) is 4.48. The number of carbonyl (C=O) groups excluding carboxylic acids is 2. The van der Waals surface area contributed by atoms with Gasteiger partial charge < -0.3 is 15.2 Å². The molecular formula is C27H24N2O4. The van der Waals surface area contributed by atoms with Gasteiger partial charge >= 0.3 is 6.03 Å². The van der Waals surface area contributed by atoms with Crippen molar-refractivity contribution in [3.8, 4) is 5.75 Å². The van der Waals surface area contributed by atoms with Crippen molar-refractivity contribution < 1.29 is 19.4 Å². The van der Waals surface area contributed by atoms with Crippen molar-refractivity contribution in [2.75, 3.05) is 13.2 Å². The van der Waals surface area contributed by atoms with Crippen LogP contribution in [0, 0.1) is 0 Å². The number of hydrogen-bond donors (Lipinski definition) is 2. The third-order valence-corrected chi connectivity index (χ3v) is 6.18. The van der Waals surface area contributed by atoms with Crippen molar-refractivity contribution in [1.29, 1.82) is 0 Å². The van der Waals surface area contributed by atoms with Gasteiger partial charge in [0.25, 0.3) is 5.91 Å². The molecule has 6 heteroatoms. The van der Waals surface area contributed by atoms with Crippen LogP contribution in [-0.2, 0) is 10.3 Å². The molecule has 0 bridgehead atoms. The topological polar surface area (TPSA) is 78.9 Å². The predicted octanol–water partition coefficient (Wildman–Crippen LogP) is 4.20. The molecule has 33 heavy (non-hydrogen) atoms. The number of hydrogen-bond acceptors (Lipinski definition) is 4. The number of urea groups is 1. The molecule has 0 aliphatic carbocycles. The second-order valence-corrected chi connectivity index (χ2v) is 8.44. The molecule has 1 fully saturated rings. The number of carbonyl (C=O) groups is 2. The Hall–Kier alpha value is -3.90. The normalized spacial score (nSPS) is 19.2. The summed E-state index contributed by atoms with van der Waals surface area (Å²) < 4.78 is 5.84. The molecule has 2 N–H and O–H groups in total. The van der Waals surface area contributed by atoms with Crippen LogP contribution in [0.2, 0.25) is 0 Å². The average molecular weight is 440 g/mol. The minimum absolute atomic E-state index is 0.0456. The molecule has 166 valence electrons. The maximum atomic E-state index is 13.4. The second-order valence-electron chi connectivity index (χ2n) is 8.44. The molecule has 0 radical (unpaired) electrons. The molecule has 0 saturated carbocycles. The summed E-state index contributed by atoms with van der Waals surface area (Å²) in [5.74, 6) is 0.248. The van der Waals surface area contributed by atoms with E-state index < -0.39 is 23.6 Å². The molecule has 1 aliphatic heterocycles. The van der Waals surface area contributed by atoms with Gasteiger partial charge in [0, 0.05) is 5.39 Å². The van der Waals surface area contributed by atoms with Gasteiger partial charge in [0.05, 0.1) is 6.54 Å². The van der Waals surface area contributed by atoms with E-state index in [4.69, 9.17) is 4.74 Å². The minimum Gasteiger partial charge on any atom is -0.490 e. The monoisotopic (exact) mass is 440 g/mol. The molecule has 4 aromatic rings. The Kier molecular flexibility index (Phi) is 5.23.